The summed E-state index contributed by atoms with van der Waals surface area (Å²) in [5.74, 6) is -0.680. The second-order valence-electron chi connectivity index (χ2n) is 5.88. The smallest absolute Gasteiger partial charge is 0.255 e. The van der Waals surface area contributed by atoms with E-state index in [-0.39, 0.29) is 17.7 Å². The van der Waals surface area contributed by atoms with Crippen LogP contribution in [0.5, 0.6) is 5.88 Å². The van der Waals surface area contributed by atoms with Crippen LogP contribution >= 0.6 is 0 Å². The molecule has 1 aromatic carbocycles. The molecule has 2 aromatic rings. The molecule has 2 atom stereocenters. The van der Waals surface area contributed by atoms with E-state index in [2.05, 4.69) is 22.2 Å². The molecule has 24 heavy (non-hydrogen) atoms. The Labute approximate surface area is 139 Å². The van der Waals surface area contributed by atoms with Gasteiger partial charge in [-0.25, -0.2) is 9.37 Å². The van der Waals surface area contributed by atoms with Gasteiger partial charge in [-0.15, -0.1) is 0 Å². The maximum Gasteiger partial charge on any atom is 0.255 e. The lowest BCUT2D eigenvalue weighted by molar-refractivity contribution is 0.205. The van der Waals surface area contributed by atoms with E-state index in [1.165, 1.54) is 12.1 Å². The number of rotatable bonds is 4. The number of nitrogens with one attached hydrogen (secondary N) is 1. The summed E-state index contributed by atoms with van der Waals surface area (Å²) in [5, 5.41) is 3.28. The van der Waals surface area contributed by atoms with Crippen LogP contribution in [-0.2, 0) is 0 Å². The van der Waals surface area contributed by atoms with Crippen LogP contribution in [0.1, 0.15) is 25.5 Å². The first-order valence-electron chi connectivity index (χ1n) is 7.96. The largest absolute Gasteiger partial charge is 0.468 e. The molecule has 1 aliphatic heterocycles. The van der Waals surface area contributed by atoms with Crippen LogP contribution < -0.4 is 15.0 Å². The second kappa shape index (κ2) is 7.09. The lowest BCUT2D eigenvalue weighted by Gasteiger charge is -2.34. The fourth-order valence-electron chi connectivity index (χ4n) is 2.70. The molecule has 0 saturated carbocycles. The molecule has 0 aliphatic carbocycles. The molecule has 0 radical (unpaired) electrons. The molecule has 1 fully saturated rings. The van der Waals surface area contributed by atoms with Gasteiger partial charge in [0.25, 0.3) is 5.88 Å². The number of halogens is 2. The molecule has 0 unspecified atom stereocenters. The maximum absolute atomic E-state index is 14.0. The van der Waals surface area contributed by atoms with Crippen molar-refractivity contribution in [3.8, 4) is 5.88 Å². The van der Waals surface area contributed by atoms with Gasteiger partial charge in [0.05, 0.1) is 6.20 Å². The summed E-state index contributed by atoms with van der Waals surface area (Å²) in [6.45, 7) is 6.15. The third-order valence-corrected chi connectivity index (χ3v) is 4.06. The fourth-order valence-corrected chi connectivity index (χ4v) is 2.70. The Balaban J connectivity index is 1.81. The van der Waals surface area contributed by atoms with Crippen molar-refractivity contribution in [2.24, 2.45) is 0 Å². The fraction of sp³-hybridized carbons (Fsp3) is 0.412. The predicted molar refractivity (Wildman–Crippen MR) is 87.1 cm³/mol. The minimum atomic E-state index is -0.634. The molecule has 7 heteroatoms. The molecule has 1 aliphatic rings. The lowest BCUT2D eigenvalue weighted by atomic mass is 10.1. The van der Waals surface area contributed by atoms with Crippen LogP contribution in [0.3, 0.4) is 0 Å². The summed E-state index contributed by atoms with van der Waals surface area (Å²) in [6, 6.07) is 6.24. The van der Waals surface area contributed by atoms with Crippen molar-refractivity contribution in [2.45, 2.75) is 26.0 Å². The first kappa shape index (κ1) is 16.6. The zero-order valence-electron chi connectivity index (χ0n) is 13.7. The lowest BCUT2D eigenvalue weighted by Crippen LogP contribution is -2.50. The highest BCUT2D eigenvalue weighted by molar-refractivity contribution is 5.35. The van der Waals surface area contributed by atoms with Gasteiger partial charge in [-0.05, 0) is 31.5 Å². The van der Waals surface area contributed by atoms with Crippen LogP contribution in [-0.4, -0.2) is 35.6 Å². The van der Waals surface area contributed by atoms with Gasteiger partial charge in [0.2, 0.25) is 11.8 Å². The quantitative estimate of drug-likeness (QED) is 0.932. The molecule has 0 amide bonds. The molecule has 128 valence electrons. The molecule has 1 N–H and O–H groups in total. The molecule has 0 bridgehead atoms. The SMILES string of the molecule is C[C@@H]1CNCCN1c1ncc(F)c(O[C@H](C)c2cccc(F)c2)n1. The summed E-state index contributed by atoms with van der Waals surface area (Å²) in [5.41, 5.74) is 0.616. The zero-order chi connectivity index (χ0) is 17.1. The molecule has 1 aromatic heterocycles. The molecule has 5 nitrogen and oxygen atoms in total. The molecular weight excluding hydrogens is 314 g/mol. The highest BCUT2D eigenvalue weighted by Crippen LogP contribution is 2.25. The van der Waals surface area contributed by atoms with E-state index < -0.39 is 11.9 Å². The van der Waals surface area contributed by atoms with E-state index >= 15 is 0 Å². The Hall–Kier alpha value is -2.28. The summed E-state index contributed by atoms with van der Waals surface area (Å²) in [7, 11) is 0. The van der Waals surface area contributed by atoms with Crippen molar-refractivity contribution in [3.63, 3.8) is 0 Å². The van der Waals surface area contributed by atoms with Crippen LogP contribution in [0.4, 0.5) is 14.7 Å². The van der Waals surface area contributed by atoms with Crippen molar-refractivity contribution >= 4 is 5.95 Å². The van der Waals surface area contributed by atoms with Crippen LogP contribution in [0.25, 0.3) is 0 Å². The molecule has 0 spiro atoms. The number of hydrogen-bond donors (Lipinski definition) is 1. The Morgan fingerprint density at radius 1 is 1.38 bits per heavy atom. The number of anilines is 1. The number of aromatic nitrogens is 2. The number of nitrogens with zero attached hydrogens (tertiary/aromatic N) is 3. The van der Waals surface area contributed by atoms with Gasteiger partial charge in [0, 0.05) is 25.7 Å². The summed E-state index contributed by atoms with van der Waals surface area (Å²) in [6.07, 6.45) is 0.587. The van der Waals surface area contributed by atoms with E-state index in [1.54, 1.807) is 19.1 Å². The normalized spacial score (nSPS) is 19.2. The minimum absolute atomic E-state index is 0.123. The number of ether oxygens (including phenoxy) is 1. The Kier molecular flexibility index (Phi) is 4.89. The van der Waals surface area contributed by atoms with Crippen LogP contribution in [0, 0.1) is 11.6 Å². The summed E-state index contributed by atoms with van der Waals surface area (Å²) in [4.78, 5) is 10.3. The molecule has 2 heterocycles. The van der Waals surface area contributed by atoms with Gasteiger partial charge in [0.1, 0.15) is 11.9 Å². The molecule has 3 rings (SSSR count). The average molecular weight is 334 g/mol. The van der Waals surface area contributed by atoms with E-state index in [0.717, 1.165) is 25.8 Å². The van der Waals surface area contributed by atoms with Gasteiger partial charge in [-0.1, -0.05) is 12.1 Å². The van der Waals surface area contributed by atoms with E-state index in [9.17, 15) is 8.78 Å². The highest BCUT2D eigenvalue weighted by Gasteiger charge is 2.22. The molecule has 1 saturated heterocycles. The predicted octanol–water partition coefficient (Wildman–Crippen LogP) is 2.69. The average Bonchev–Trinajstić information content (AvgIpc) is 2.57. The first-order valence-corrected chi connectivity index (χ1v) is 7.96. The minimum Gasteiger partial charge on any atom is -0.468 e. The van der Waals surface area contributed by atoms with Gasteiger partial charge in [0.15, 0.2) is 0 Å². The third kappa shape index (κ3) is 3.62. The highest BCUT2D eigenvalue weighted by atomic mass is 19.1. The van der Waals surface area contributed by atoms with Crippen molar-refractivity contribution < 1.29 is 13.5 Å². The van der Waals surface area contributed by atoms with Crippen LogP contribution in [0.15, 0.2) is 30.5 Å². The summed E-state index contributed by atoms with van der Waals surface area (Å²) >= 11 is 0. The number of hydrogen-bond acceptors (Lipinski definition) is 5. The number of benzene rings is 1. The van der Waals surface area contributed by atoms with Gasteiger partial charge >= 0.3 is 0 Å². The van der Waals surface area contributed by atoms with Crippen molar-refractivity contribution in [1.29, 1.82) is 0 Å². The zero-order valence-corrected chi connectivity index (χ0v) is 13.7. The third-order valence-electron chi connectivity index (χ3n) is 4.06. The van der Waals surface area contributed by atoms with Crippen LogP contribution in [0.2, 0.25) is 0 Å². The Bertz CT molecular complexity index is 713. The van der Waals surface area contributed by atoms with E-state index in [0.29, 0.717) is 11.5 Å². The van der Waals surface area contributed by atoms with Gasteiger partial charge in [-0.2, -0.15) is 9.37 Å². The Morgan fingerprint density at radius 2 is 2.21 bits per heavy atom. The maximum atomic E-state index is 14.0. The van der Waals surface area contributed by atoms with Crippen molar-refractivity contribution in [3.05, 3.63) is 47.7 Å². The van der Waals surface area contributed by atoms with E-state index in [4.69, 9.17) is 4.74 Å². The number of piperazine rings is 1. The van der Waals surface area contributed by atoms with Gasteiger partial charge < -0.3 is 15.0 Å². The molecular formula is C17H20F2N4O. The van der Waals surface area contributed by atoms with Gasteiger partial charge in [-0.3, -0.25) is 0 Å². The van der Waals surface area contributed by atoms with Crippen molar-refractivity contribution in [1.82, 2.24) is 15.3 Å². The first-order chi connectivity index (χ1) is 11.5. The Morgan fingerprint density at radius 3 is 2.96 bits per heavy atom. The van der Waals surface area contributed by atoms with E-state index in [1.807, 2.05) is 4.90 Å². The monoisotopic (exact) mass is 334 g/mol. The summed E-state index contributed by atoms with van der Waals surface area (Å²) < 4.78 is 33.0. The second-order valence-corrected chi connectivity index (χ2v) is 5.88. The van der Waals surface area contributed by atoms with Crippen molar-refractivity contribution in [2.75, 3.05) is 24.5 Å². The standard InChI is InChI=1S/C17H20F2N4O/c1-11-9-20-6-7-23(11)17-21-10-15(19)16(22-17)24-12(2)13-4-3-5-14(18)8-13/h3-5,8,10-12,20H,6-7,9H2,1-2H3/t11-,12-/m1/s1. The topological polar surface area (TPSA) is 50.3 Å².